The van der Waals surface area contributed by atoms with Crippen LogP contribution in [0.25, 0.3) is 0 Å². The van der Waals surface area contributed by atoms with Crippen molar-refractivity contribution >= 4 is 23.2 Å². The number of pyridine rings is 1. The topological polar surface area (TPSA) is 42.0 Å². The second-order valence-electron chi connectivity index (χ2n) is 3.84. The van der Waals surface area contributed by atoms with Gasteiger partial charge < -0.3 is 5.32 Å². The summed E-state index contributed by atoms with van der Waals surface area (Å²) in [6.45, 7) is 1.68. The molecule has 6 heteroatoms. The molecule has 98 valence electrons. The van der Waals surface area contributed by atoms with Crippen LogP contribution in [0.4, 0.5) is 14.5 Å². The third kappa shape index (κ3) is 2.88. The molecule has 1 amide bonds. The number of carbonyl (C=O) groups excluding carboxylic acids is 1. The minimum atomic E-state index is -1.08. The summed E-state index contributed by atoms with van der Waals surface area (Å²) in [7, 11) is 0. The summed E-state index contributed by atoms with van der Waals surface area (Å²) in [5.41, 5.74) is 0.708. The lowest BCUT2D eigenvalue weighted by molar-refractivity contribution is 0.102. The van der Waals surface area contributed by atoms with E-state index in [0.29, 0.717) is 16.1 Å². The lowest BCUT2D eigenvalue weighted by atomic mass is 10.1. The molecule has 0 fully saturated rings. The van der Waals surface area contributed by atoms with E-state index in [1.54, 1.807) is 25.1 Å². The van der Waals surface area contributed by atoms with Crippen molar-refractivity contribution in [2.45, 2.75) is 6.92 Å². The van der Waals surface area contributed by atoms with E-state index in [4.69, 9.17) is 11.6 Å². The van der Waals surface area contributed by atoms with Crippen LogP contribution in [0.1, 0.15) is 15.9 Å². The predicted molar refractivity (Wildman–Crippen MR) is 68.3 cm³/mol. The zero-order valence-electron chi connectivity index (χ0n) is 9.88. The standard InChI is InChI=1S/C13H9ClF2N2O/c1-7-8(3-2-4-9(7)14)13(19)17-10-5-6-11(15)18-12(10)16/h2-6H,1H3,(H,17,19). The lowest BCUT2D eigenvalue weighted by Crippen LogP contribution is -2.15. The molecule has 0 bridgehead atoms. The average Bonchev–Trinajstić information content (AvgIpc) is 2.36. The molecule has 0 aliphatic carbocycles. The largest absolute Gasteiger partial charge is 0.318 e. The maximum Gasteiger partial charge on any atom is 0.256 e. The Morgan fingerprint density at radius 1 is 1.26 bits per heavy atom. The van der Waals surface area contributed by atoms with Crippen LogP contribution in [-0.2, 0) is 0 Å². The zero-order chi connectivity index (χ0) is 14.0. The van der Waals surface area contributed by atoms with Crippen LogP contribution in [0.15, 0.2) is 30.3 Å². The van der Waals surface area contributed by atoms with Gasteiger partial charge in [-0.25, -0.2) is 0 Å². The molecule has 3 nitrogen and oxygen atoms in total. The Labute approximate surface area is 113 Å². The number of hydrogen-bond donors (Lipinski definition) is 1. The smallest absolute Gasteiger partial charge is 0.256 e. The van der Waals surface area contributed by atoms with Crippen LogP contribution < -0.4 is 5.32 Å². The Morgan fingerprint density at radius 2 is 2.00 bits per heavy atom. The number of halogens is 3. The first-order valence-corrected chi connectivity index (χ1v) is 5.75. The SMILES string of the molecule is Cc1c(Cl)cccc1C(=O)Nc1ccc(F)nc1F. The van der Waals surface area contributed by atoms with Gasteiger partial charge in [-0.1, -0.05) is 17.7 Å². The minimum Gasteiger partial charge on any atom is -0.318 e. The number of benzene rings is 1. The molecule has 0 radical (unpaired) electrons. The Balaban J connectivity index is 2.28. The van der Waals surface area contributed by atoms with Crippen LogP contribution in [-0.4, -0.2) is 10.9 Å². The molecule has 0 spiro atoms. The van der Waals surface area contributed by atoms with E-state index in [9.17, 15) is 13.6 Å². The van der Waals surface area contributed by atoms with Gasteiger partial charge in [0, 0.05) is 10.6 Å². The molecule has 1 aromatic carbocycles. The van der Waals surface area contributed by atoms with Crippen LogP contribution in [0, 0.1) is 18.8 Å². The van der Waals surface area contributed by atoms with Crippen LogP contribution in [0.3, 0.4) is 0 Å². The van der Waals surface area contributed by atoms with Gasteiger partial charge >= 0.3 is 0 Å². The van der Waals surface area contributed by atoms with Gasteiger partial charge in [0.15, 0.2) is 0 Å². The highest BCUT2D eigenvalue weighted by Gasteiger charge is 2.14. The lowest BCUT2D eigenvalue weighted by Gasteiger charge is -2.09. The van der Waals surface area contributed by atoms with E-state index in [0.717, 1.165) is 12.1 Å². The average molecular weight is 283 g/mol. The molecule has 1 aromatic heterocycles. The molecule has 1 N–H and O–H groups in total. The highest BCUT2D eigenvalue weighted by atomic mass is 35.5. The number of nitrogens with one attached hydrogen (secondary N) is 1. The summed E-state index contributed by atoms with van der Waals surface area (Å²) in [5.74, 6) is -2.56. The number of amides is 1. The molecule has 0 atom stereocenters. The van der Waals surface area contributed by atoms with Gasteiger partial charge in [-0.15, -0.1) is 0 Å². The molecule has 1 heterocycles. The Bertz CT molecular complexity index is 647. The van der Waals surface area contributed by atoms with E-state index >= 15 is 0 Å². The van der Waals surface area contributed by atoms with E-state index in [1.165, 1.54) is 0 Å². The normalized spacial score (nSPS) is 10.3. The third-order valence-corrected chi connectivity index (χ3v) is 2.98. The van der Waals surface area contributed by atoms with Crippen molar-refractivity contribution in [3.63, 3.8) is 0 Å². The molecule has 0 saturated carbocycles. The number of hydrogen-bond acceptors (Lipinski definition) is 2. The predicted octanol–water partition coefficient (Wildman–Crippen LogP) is 3.57. The van der Waals surface area contributed by atoms with Gasteiger partial charge in [-0.2, -0.15) is 13.8 Å². The third-order valence-electron chi connectivity index (χ3n) is 2.58. The van der Waals surface area contributed by atoms with Crippen molar-refractivity contribution in [2.24, 2.45) is 0 Å². The number of rotatable bonds is 2. The molecule has 0 saturated heterocycles. The van der Waals surface area contributed by atoms with Crippen molar-refractivity contribution in [3.05, 3.63) is 58.4 Å². The van der Waals surface area contributed by atoms with Crippen LogP contribution >= 0.6 is 11.6 Å². The Hall–Kier alpha value is -2.01. The molecule has 0 aliphatic rings. The summed E-state index contributed by atoms with van der Waals surface area (Å²) >= 11 is 5.90. The minimum absolute atomic E-state index is 0.189. The van der Waals surface area contributed by atoms with Gasteiger partial charge in [0.25, 0.3) is 5.91 Å². The van der Waals surface area contributed by atoms with Crippen LogP contribution in [0.2, 0.25) is 5.02 Å². The van der Waals surface area contributed by atoms with Gasteiger partial charge in [0.1, 0.15) is 0 Å². The summed E-state index contributed by atoms with van der Waals surface area (Å²) in [5, 5.41) is 2.76. The fourth-order valence-corrected chi connectivity index (χ4v) is 1.72. The van der Waals surface area contributed by atoms with Crippen molar-refractivity contribution in [2.75, 3.05) is 5.32 Å². The zero-order valence-corrected chi connectivity index (χ0v) is 10.6. The fourth-order valence-electron chi connectivity index (χ4n) is 1.55. The van der Waals surface area contributed by atoms with E-state index in [-0.39, 0.29) is 5.69 Å². The molecule has 2 aromatic rings. The van der Waals surface area contributed by atoms with Crippen molar-refractivity contribution in [1.29, 1.82) is 0 Å². The monoisotopic (exact) mass is 282 g/mol. The number of nitrogens with zero attached hydrogens (tertiary/aromatic N) is 1. The summed E-state index contributed by atoms with van der Waals surface area (Å²) < 4.78 is 26.0. The van der Waals surface area contributed by atoms with Gasteiger partial charge in [-0.05, 0) is 36.8 Å². The molecule has 0 aliphatic heterocycles. The van der Waals surface area contributed by atoms with Crippen molar-refractivity contribution in [1.82, 2.24) is 4.98 Å². The summed E-state index contributed by atoms with van der Waals surface area (Å²) in [6, 6.07) is 6.89. The second-order valence-corrected chi connectivity index (χ2v) is 4.25. The first kappa shape index (κ1) is 13.4. The van der Waals surface area contributed by atoms with E-state index in [1.807, 2.05) is 0 Å². The number of anilines is 1. The molecule has 19 heavy (non-hydrogen) atoms. The highest BCUT2D eigenvalue weighted by molar-refractivity contribution is 6.32. The maximum atomic E-state index is 13.3. The van der Waals surface area contributed by atoms with Gasteiger partial charge in [0.2, 0.25) is 11.9 Å². The quantitative estimate of drug-likeness (QED) is 0.856. The molecular formula is C13H9ClF2N2O. The number of aromatic nitrogens is 1. The second kappa shape index (κ2) is 5.32. The Kier molecular flexibility index (Phi) is 3.76. The fraction of sp³-hybridized carbons (Fsp3) is 0.0769. The first-order valence-electron chi connectivity index (χ1n) is 5.37. The molecule has 0 unspecified atom stereocenters. The van der Waals surface area contributed by atoms with E-state index < -0.39 is 17.8 Å². The van der Waals surface area contributed by atoms with E-state index in [2.05, 4.69) is 10.3 Å². The first-order chi connectivity index (χ1) is 8.99. The van der Waals surface area contributed by atoms with Crippen molar-refractivity contribution in [3.8, 4) is 0 Å². The summed E-state index contributed by atoms with van der Waals surface area (Å²) in [4.78, 5) is 15.0. The Morgan fingerprint density at radius 3 is 2.68 bits per heavy atom. The molecular weight excluding hydrogens is 274 g/mol. The molecule has 2 rings (SSSR count). The highest BCUT2D eigenvalue weighted by Crippen LogP contribution is 2.20. The van der Waals surface area contributed by atoms with Gasteiger partial charge in [-0.3, -0.25) is 4.79 Å². The maximum absolute atomic E-state index is 13.3. The summed E-state index contributed by atoms with van der Waals surface area (Å²) in [6.07, 6.45) is 0. The van der Waals surface area contributed by atoms with Gasteiger partial charge in [0.05, 0.1) is 5.69 Å². The van der Waals surface area contributed by atoms with Crippen LogP contribution in [0.5, 0.6) is 0 Å². The number of carbonyl (C=O) groups is 1. The van der Waals surface area contributed by atoms with Crippen molar-refractivity contribution < 1.29 is 13.6 Å².